The zero-order valence-corrected chi connectivity index (χ0v) is 19.7. The van der Waals surface area contributed by atoms with Gasteiger partial charge in [-0.15, -0.1) is 0 Å². The SMILES string of the molecule is CCCCCC(CCC)C(CC)C(C)CC(C)C(C)C1C(CC)C1CC. The first-order valence-corrected chi connectivity index (χ1v) is 12.5. The highest BCUT2D eigenvalue weighted by molar-refractivity contribution is 4.99. The summed E-state index contributed by atoms with van der Waals surface area (Å²) in [5.41, 5.74) is 0. The van der Waals surface area contributed by atoms with Gasteiger partial charge in [0, 0.05) is 0 Å². The van der Waals surface area contributed by atoms with Gasteiger partial charge in [-0.05, 0) is 53.8 Å². The van der Waals surface area contributed by atoms with E-state index in [2.05, 4.69) is 55.4 Å². The average molecular weight is 365 g/mol. The van der Waals surface area contributed by atoms with Gasteiger partial charge in [0.1, 0.15) is 0 Å². The van der Waals surface area contributed by atoms with Crippen LogP contribution in [0.1, 0.15) is 120 Å². The van der Waals surface area contributed by atoms with E-state index in [-0.39, 0.29) is 0 Å². The van der Waals surface area contributed by atoms with Crippen LogP contribution in [0.5, 0.6) is 0 Å². The van der Waals surface area contributed by atoms with Gasteiger partial charge in [0.05, 0.1) is 0 Å². The van der Waals surface area contributed by atoms with Crippen molar-refractivity contribution >= 4 is 0 Å². The van der Waals surface area contributed by atoms with Gasteiger partial charge in [-0.3, -0.25) is 0 Å². The fourth-order valence-electron chi connectivity index (χ4n) is 6.56. The molecule has 0 amide bonds. The lowest BCUT2D eigenvalue weighted by molar-refractivity contribution is 0.159. The van der Waals surface area contributed by atoms with Crippen LogP contribution in [0.25, 0.3) is 0 Å². The van der Waals surface area contributed by atoms with Crippen molar-refractivity contribution in [1.82, 2.24) is 0 Å². The molecule has 156 valence electrons. The van der Waals surface area contributed by atoms with E-state index in [1.54, 1.807) is 0 Å². The van der Waals surface area contributed by atoms with Crippen molar-refractivity contribution in [2.24, 2.45) is 47.3 Å². The first-order chi connectivity index (χ1) is 12.5. The Balaban J connectivity index is 2.61. The van der Waals surface area contributed by atoms with Gasteiger partial charge in [0.25, 0.3) is 0 Å². The Kier molecular flexibility index (Phi) is 11.5. The van der Waals surface area contributed by atoms with Gasteiger partial charge < -0.3 is 0 Å². The fourth-order valence-corrected chi connectivity index (χ4v) is 6.56. The number of unbranched alkanes of at least 4 members (excludes halogenated alkanes) is 2. The molecule has 1 aliphatic rings. The third kappa shape index (κ3) is 6.56. The molecule has 0 spiro atoms. The summed E-state index contributed by atoms with van der Waals surface area (Å²) in [6.07, 6.45) is 14.2. The third-order valence-corrected chi connectivity index (χ3v) is 8.23. The van der Waals surface area contributed by atoms with E-state index in [0.717, 1.165) is 47.3 Å². The second kappa shape index (κ2) is 12.5. The Hall–Kier alpha value is 0. The predicted octanol–water partition coefficient (Wildman–Crippen LogP) is 8.99. The van der Waals surface area contributed by atoms with Crippen LogP contribution >= 0.6 is 0 Å². The van der Waals surface area contributed by atoms with Crippen molar-refractivity contribution in [1.29, 1.82) is 0 Å². The Labute approximate surface area is 167 Å². The maximum atomic E-state index is 2.58. The Morgan fingerprint density at radius 1 is 0.692 bits per heavy atom. The van der Waals surface area contributed by atoms with Crippen LogP contribution in [0.15, 0.2) is 0 Å². The summed E-state index contributed by atoms with van der Waals surface area (Å²) in [5.74, 6) is 7.75. The van der Waals surface area contributed by atoms with Crippen LogP contribution in [0, 0.1) is 47.3 Å². The van der Waals surface area contributed by atoms with Crippen molar-refractivity contribution in [3.63, 3.8) is 0 Å². The first-order valence-electron chi connectivity index (χ1n) is 12.5. The Morgan fingerprint density at radius 3 is 1.77 bits per heavy atom. The Morgan fingerprint density at radius 2 is 1.31 bits per heavy atom. The second-order valence-corrected chi connectivity index (χ2v) is 9.89. The summed E-state index contributed by atoms with van der Waals surface area (Å²) in [6, 6.07) is 0. The van der Waals surface area contributed by atoms with Crippen LogP contribution in [0.4, 0.5) is 0 Å². The summed E-state index contributed by atoms with van der Waals surface area (Å²) >= 11 is 0. The molecule has 0 aromatic heterocycles. The molecule has 0 bridgehead atoms. The lowest BCUT2D eigenvalue weighted by Crippen LogP contribution is -2.25. The molecule has 0 aromatic carbocycles. The van der Waals surface area contributed by atoms with E-state index < -0.39 is 0 Å². The van der Waals surface area contributed by atoms with E-state index in [9.17, 15) is 0 Å². The molecule has 0 heteroatoms. The molecule has 7 unspecified atom stereocenters. The van der Waals surface area contributed by atoms with Gasteiger partial charge in [-0.2, -0.15) is 0 Å². The van der Waals surface area contributed by atoms with Crippen molar-refractivity contribution < 1.29 is 0 Å². The van der Waals surface area contributed by atoms with Gasteiger partial charge >= 0.3 is 0 Å². The highest BCUT2D eigenvalue weighted by Gasteiger charge is 2.50. The van der Waals surface area contributed by atoms with Crippen molar-refractivity contribution in [2.75, 3.05) is 0 Å². The number of rotatable bonds is 15. The van der Waals surface area contributed by atoms with Gasteiger partial charge in [0.2, 0.25) is 0 Å². The highest BCUT2D eigenvalue weighted by atomic mass is 14.6. The number of hydrogen-bond donors (Lipinski definition) is 0. The molecule has 0 aromatic rings. The minimum absolute atomic E-state index is 0.896. The maximum Gasteiger partial charge on any atom is -0.0324 e. The largest absolute Gasteiger partial charge is 0.0654 e. The summed E-state index contributed by atoms with van der Waals surface area (Å²) < 4.78 is 0. The van der Waals surface area contributed by atoms with E-state index in [4.69, 9.17) is 0 Å². The minimum Gasteiger partial charge on any atom is -0.0654 e. The topological polar surface area (TPSA) is 0 Å². The van der Waals surface area contributed by atoms with Crippen LogP contribution < -0.4 is 0 Å². The maximum absolute atomic E-state index is 2.58. The monoisotopic (exact) mass is 364 g/mol. The molecule has 0 nitrogen and oxygen atoms in total. The first kappa shape index (κ1) is 24.0. The average Bonchev–Trinajstić information content (AvgIpc) is 3.35. The molecule has 1 aliphatic carbocycles. The minimum atomic E-state index is 0.896. The fraction of sp³-hybridized carbons (Fsp3) is 1.00. The molecular weight excluding hydrogens is 312 g/mol. The molecule has 1 fully saturated rings. The standard InChI is InChI=1S/C26H52/c1-9-14-15-17-22(16-10-2)23(11-3)20(7)18-19(6)21(8)26-24(12-4)25(26)13-5/h19-26H,9-18H2,1-8H3. The van der Waals surface area contributed by atoms with Crippen LogP contribution in [-0.2, 0) is 0 Å². The second-order valence-electron chi connectivity index (χ2n) is 9.89. The summed E-state index contributed by atoms with van der Waals surface area (Å²) in [5, 5.41) is 0. The quantitative estimate of drug-likeness (QED) is 0.254. The van der Waals surface area contributed by atoms with E-state index in [1.807, 2.05) is 0 Å². The van der Waals surface area contributed by atoms with Crippen molar-refractivity contribution in [3.05, 3.63) is 0 Å². The predicted molar refractivity (Wildman–Crippen MR) is 119 cm³/mol. The third-order valence-electron chi connectivity index (χ3n) is 8.23. The molecule has 7 atom stereocenters. The summed E-state index contributed by atoms with van der Waals surface area (Å²) in [6.45, 7) is 19.7. The van der Waals surface area contributed by atoms with Gasteiger partial charge in [-0.1, -0.05) is 113 Å². The van der Waals surface area contributed by atoms with Crippen LogP contribution in [-0.4, -0.2) is 0 Å². The lowest BCUT2D eigenvalue weighted by Gasteiger charge is -2.34. The van der Waals surface area contributed by atoms with Crippen LogP contribution in [0.3, 0.4) is 0 Å². The van der Waals surface area contributed by atoms with Crippen LogP contribution in [0.2, 0.25) is 0 Å². The van der Waals surface area contributed by atoms with Gasteiger partial charge in [0.15, 0.2) is 0 Å². The summed E-state index contributed by atoms with van der Waals surface area (Å²) in [4.78, 5) is 0. The van der Waals surface area contributed by atoms with E-state index in [1.165, 1.54) is 64.2 Å². The smallest absolute Gasteiger partial charge is 0.0324 e. The zero-order chi connectivity index (χ0) is 19.7. The van der Waals surface area contributed by atoms with Gasteiger partial charge in [-0.25, -0.2) is 0 Å². The zero-order valence-electron chi connectivity index (χ0n) is 19.7. The molecule has 0 aliphatic heterocycles. The highest BCUT2D eigenvalue weighted by Crippen LogP contribution is 2.57. The van der Waals surface area contributed by atoms with E-state index >= 15 is 0 Å². The van der Waals surface area contributed by atoms with Crippen molar-refractivity contribution in [2.45, 2.75) is 120 Å². The summed E-state index contributed by atoms with van der Waals surface area (Å²) in [7, 11) is 0. The molecule has 0 radical (unpaired) electrons. The molecule has 0 saturated heterocycles. The Bertz CT molecular complexity index is 336. The molecule has 0 N–H and O–H groups in total. The van der Waals surface area contributed by atoms with E-state index in [0.29, 0.717) is 0 Å². The molecule has 26 heavy (non-hydrogen) atoms. The lowest BCUT2D eigenvalue weighted by atomic mass is 9.71. The molecule has 0 heterocycles. The molecular formula is C26H52. The molecule has 1 saturated carbocycles. The number of hydrogen-bond acceptors (Lipinski definition) is 0. The normalized spacial score (nSPS) is 28.4. The molecule has 1 rings (SSSR count). The van der Waals surface area contributed by atoms with Crippen molar-refractivity contribution in [3.8, 4) is 0 Å².